The van der Waals surface area contributed by atoms with Crippen LogP contribution in [0.2, 0.25) is 0 Å². The molecule has 0 spiro atoms. The van der Waals surface area contributed by atoms with E-state index < -0.39 is 17.6 Å². The van der Waals surface area contributed by atoms with Gasteiger partial charge >= 0.3 is 6.18 Å². The maximum Gasteiger partial charge on any atom is 0.418 e. The Bertz CT molecular complexity index is 579. The number of anilines is 1. The molecule has 0 aliphatic heterocycles. The highest BCUT2D eigenvalue weighted by atomic mass is 19.4. The van der Waals surface area contributed by atoms with E-state index in [0.29, 0.717) is 0 Å². The lowest BCUT2D eigenvalue weighted by Crippen LogP contribution is -2.09. The van der Waals surface area contributed by atoms with Gasteiger partial charge in [0.25, 0.3) is 0 Å². The summed E-state index contributed by atoms with van der Waals surface area (Å²) in [6.07, 6.45) is -3.49. The summed E-state index contributed by atoms with van der Waals surface area (Å²) in [5.41, 5.74) is 3.94. The first-order chi connectivity index (χ1) is 8.38. The SMILES string of the molecule is Nc1cnc(-c2cccc(F)c2)c(C(F)(F)F)c1. The Balaban J connectivity index is 2.64. The average Bonchev–Trinajstić information content (AvgIpc) is 2.27. The molecule has 0 saturated heterocycles. The molecule has 0 aliphatic carbocycles. The van der Waals surface area contributed by atoms with Crippen LogP contribution < -0.4 is 5.73 Å². The Morgan fingerprint density at radius 2 is 1.83 bits per heavy atom. The van der Waals surface area contributed by atoms with E-state index in [2.05, 4.69) is 4.98 Å². The molecule has 1 aromatic carbocycles. The van der Waals surface area contributed by atoms with Gasteiger partial charge in [-0.1, -0.05) is 12.1 Å². The number of rotatable bonds is 1. The molecule has 1 aromatic heterocycles. The number of benzene rings is 1. The molecule has 2 nitrogen and oxygen atoms in total. The van der Waals surface area contributed by atoms with Crippen LogP contribution in [0.4, 0.5) is 23.2 Å². The summed E-state index contributed by atoms with van der Waals surface area (Å²) in [7, 11) is 0. The molecule has 0 atom stereocenters. The molecular formula is C12H8F4N2. The number of nitrogens with zero attached hydrogens (tertiary/aromatic N) is 1. The van der Waals surface area contributed by atoms with Crippen molar-refractivity contribution >= 4 is 5.69 Å². The van der Waals surface area contributed by atoms with Gasteiger partial charge in [-0.2, -0.15) is 13.2 Å². The molecule has 0 unspecified atom stereocenters. The average molecular weight is 256 g/mol. The van der Waals surface area contributed by atoms with Crippen molar-refractivity contribution in [2.75, 3.05) is 5.73 Å². The van der Waals surface area contributed by atoms with E-state index in [0.717, 1.165) is 24.4 Å². The number of hydrogen-bond acceptors (Lipinski definition) is 2. The van der Waals surface area contributed by atoms with Crippen LogP contribution in [0.5, 0.6) is 0 Å². The van der Waals surface area contributed by atoms with Gasteiger partial charge in [0, 0.05) is 5.56 Å². The predicted molar refractivity (Wildman–Crippen MR) is 59.0 cm³/mol. The highest BCUT2D eigenvalue weighted by molar-refractivity contribution is 5.65. The van der Waals surface area contributed by atoms with Crippen molar-refractivity contribution < 1.29 is 17.6 Å². The van der Waals surface area contributed by atoms with Gasteiger partial charge in [-0.15, -0.1) is 0 Å². The lowest BCUT2D eigenvalue weighted by atomic mass is 10.0. The third kappa shape index (κ3) is 2.42. The van der Waals surface area contributed by atoms with Gasteiger partial charge in [-0.3, -0.25) is 4.98 Å². The van der Waals surface area contributed by atoms with E-state index in [1.807, 2.05) is 0 Å². The van der Waals surface area contributed by atoms with Crippen molar-refractivity contribution in [3.8, 4) is 11.3 Å². The molecule has 1 heterocycles. The predicted octanol–water partition coefficient (Wildman–Crippen LogP) is 3.49. The second kappa shape index (κ2) is 4.29. The number of pyridine rings is 1. The first-order valence-corrected chi connectivity index (χ1v) is 4.96. The molecule has 2 N–H and O–H groups in total. The molecule has 0 bridgehead atoms. The summed E-state index contributed by atoms with van der Waals surface area (Å²) in [6, 6.07) is 5.61. The van der Waals surface area contributed by atoms with Crippen LogP contribution in [0.3, 0.4) is 0 Å². The van der Waals surface area contributed by atoms with E-state index in [1.165, 1.54) is 12.1 Å². The largest absolute Gasteiger partial charge is 0.418 e. The third-order valence-electron chi connectivity index (χ3n) is 2.31. The minimum atomic E-state index is -4.59. The Morgan fingerprint density at radius 1 is 1.11 bits per heavy atom. The molecule has 0 aliphatic rings. The fraction of sp³-hybridized carbons (Fsp3) is 0.0833. The lowest BCUT2D eigenvalue weighted by molar-refractivity contribution is -0.137. The smallest absolute Gasteiger partial charge is 0.397 e. The number of aromatic nitrogens is 1. The van der Waals surface area contributed by atoms with E-state index in [4.69, 9.17) is 5.73 Å². The van der Waals surface area contributed by atoms with Gasteiger partial charge in [0.05, 0.1) is 23.1 Å². The number of nitrogens with two attached hydrogens (primary N) is 1. The van der Waals surface area contributed by atoms with Gasteiger partial charge in [0.1, 0.15) is 5.82 Å². The zero-order valence-corrected chi connectivity index (χ0v) is 9.00. The van der Waals surface area contributed by atoms with Crippen molar-refractivity contribution in [3.05, 3.63) is 47.9 Å². The number of halogens is 4. The van der Waals surface area contributed by atoms with Gasteiger partial charge in [-0.25, -0.2) is 4.39 Å². The minimum absolute atomic E-state index is 0.0577. The zero-order valence-electron chi connectivity index (χ0n) is 9.00. The van der Waals surface area contributed by atoms with E-state index >= 15 is 0 Å². The fourth-order valence-corrected chi connectivity index (χ4v) is 1.56. The van der Waals surface area contributed by atoms with Crippen LogP contribution in [-0.2, 0) is 6.18 Å². The fourth-order valence-electron chi connectivity index (χ4n) is 1.56. The molecule has 94 valence electrons. The molecule has 0 saturated carbocycles. The molecule has 0 fully saturated rings. The first-order valence-electron chi connectivity index (χ1n) is 4.96. The highest BCUT2D eigenvalue weighted by Gasteiger charge is 2.34. The maximum atomic E-state index is 13.0. The van der Waals surface area contributed by atoms with Crippen LogP contribution in [0.25, 0.3) is 11.3 Å². The lowest BCUT2D eigenvalue weighted by Gasteiger charge is -2.12. The Kier molecular flexibility index (Phi) is 2.94. The summed E-state index contributed by atoms with van der Waals surface area (Å²) in [6.45, 7) is 0. The van der Waals surface area contributed by atoms with Crippen LogP contribution in [0.1, 0.15) is 5.56 Å². The molecule has 6 heteroatoms. The quantitative estimate of drug-likeness (QED) is 0.793. The number of alkyl halides is 3. The highest BCUT2D eigenvalue weighted by Crippen LogP contribution is 2.36. The van der Waals surface area contributed by atoms with E-state index in [-0.39, 0.29) is 16.9 Å². The number of nitrogen functional groups attached to an aromatic ring is 1. The second-order valence-electron chi connectivity index (χ2n) is 3.67. The first kappa shape index (κ1) is 12.3. The molecule has 2 aromatic rings. The van der Waals surface area contributed by atoms with Crippen molar-refractivity contribution in [1.29, 1.82) is 0 Å². The van der Waals surface area contributed by atoms with Gasteiger partial charge in [-0.05, 0) is 18.2 Å². The van der Waals surface area contributed by atoms with Crippen LogP contribution >= 0.6 is 0 Å². The Labute approximate surface area is 100 Å². The topological polar surface area (TPSA) is 38.9 Å². The number of hydrogen-bond donors (Lipinski definition) is 1. The normalized spacial score (nSPS) is 11.6. The molecule has 2 rings (SSSR count). The molecule has 0 radical (unpaired) electrons. The summed E-state index contributed by atoms with van der Waals surface area (Å²) in [5.74, 6) is -0.626. The summed E-state index contributed by atoms with van der Waals surface area (Å²) in [4.78, 5) is 3.64. The van der Waals surface area contributed by atoms with Crippen molar-refractivity contribution in [3.63, 3.8) is 0 Å². The Morgan fingerprint density at radius 3 is 2.44 bits per heavy atom. The van der Waals surface area contributed by atoms with Crippen LogP contribution in [0, 0.1) is 5.82 Å². The Hall–Kier alpha value is -2.11. The molecule has 0 amide bonds. The van der Waals surface area contributed by atoms with Crippen molar-refractivity contribution in [2.24, 2.45) is 0 Å². The maximum absolute atomic E-state index is 13.0. The van der Waals surface area contributed by atoms with Crippen LogP contribution in [0.15, 0.2) is 36.5 Å². The second-order valence-corrected chi connectivity index (χ2v) is 3.67. The third-order valence-corrected chi connectivity index (χ3v) is 2.31. The summed E-state index contributed by atoms with van der Waals surface area (Å²) in [5, 5.41) is 0. The van der Waals surface area contributed by atoms with Gasteiger partial charge in [0.15, 0.2) is 0 Å². The van der Waals surface area contributed by atoms with Crippen molar-refractivity contribution in [2.45, 2.75) is 6.18 Å². The van der Waals surface area contributed by atoms with E-state index in [9.17, 15) is 17.6 Å². The monoisotopic (exact) mass is 256 g/mol. The standard InChI is InChI=1S/C12H8F4N2/c13-8-3-1-2-7(4-8)11-10(12(14,15)16)5-9(17)6-18-11/h1-6H,17H2. The van der Waals surface area contributed by atoms with Gasteiger partial charge < -0.3 is 5.73 Å². The zero-order chi connectivity index (χ0) is 13.3. The minimum Gasteiger partial charge on any atom is -0.397 e. The van der Waals surface area contributed by atoms with Gasteiger partial charge in [0.2, 0.25) is 0 Å². The van der Waals surface area contributed by atoms with Crippen LogP contribution in [-0.4, -0.2) is 4.98 Å². The summed E-state index contributed by atoms with van der Waals surface area (Å²) < 4.78 is 51.5. The molecular weight excluding hydrogens is 248 g/mol. The molecule has 18 heavy (non-hydrogen) atoms. The van der Waals surface area contributed by atoms with E-state index in [1.54, 1.807) is 0 Å². The summed E-state index contributed by atoms with van der Waals surface area (Å²) >= 11 is 0. The van der Waals surface area contributed by atoms with Crippen molar-refractivity contribution in [1.82, 2.24) is 4.98 Å².